The molecule has 0 unspecified atom stereocenters. The second-order valence-electron chi connectivity index (χ2n) is 11.9. The molecule has 1 saturated carbocycles. The molecular formula is C30H38N6O5S. The molecule has 11 nitrogen and oxygen atoms in total. The highest BCUT2D eigenvalue weighted by Gasteiger charge is 2.30. The molecule has 1 aliphatic carbocycles. The molecule has 2 atom stereocenters. The van der Waals surface area contributed by atoms with Crippen LogP contribution in [0.3, 0.4) is 0 Å². The van der Waals surface area contributed by atoms with Crippen molar-refractivity contribution in [3.8, 4) is 23.1 Å². The Hall–Kier alpha value is -3.64. The summed E-state index contributed by atoms with van der Waals surface area (Å²) in [6.45, 7) is 4.18. The highest BCUT2D eigenvalue weighted by Crippen LogP contribution is 2.38. The number of aryl methyl sites for hydroxylation is 1. The Bertz CT molecular complexity index is 1760. The van der Waals surface area contributed by atoms with Crippen molar-refractivity contribution < 1.29 is 22.7 Å². The number of sulfone groups is 1. The minimum atomic E-state index is -3.28. The van der Waals surface area contributed by atoms with Gasteiger partial charge in [0.2, 0.25) is 5.88 Å². The van der Waals surface area contributed by atoms with Gasteiger partial charge in [0.1, 0.15) is 26.8 Å². The summed E-state index contributed by atoms with van der Waals surface area (Å²) in [6.07, 6.45) is 4.40. The van der Waals surface area contributed by atoms with Gasteiger partial charge in [-0.25, -0.2) is 13.4 Å². The number of ether oxygens (including phenoxy) is 2. The fraction of sp³-hybridized carbons (Fsp3) is 0.500. The van der Waals surface area contributed by atoms with E-state index in [4.69, 9.17) is 25.2 Å². The summed E-state index contributed by atoms with van der Waals surface area (Å²) in [5.74, 6) is 2.23. The molecule has 1 saturated heterocycles. The van der Waals surface area contributed by atoms with Crippen molar-refractivity contribution in [2.75, 3.05) is 39.3 Å². The summed E-state index contributed by atoms with van der Waals surface area (Å²) in [5, 5.41) is 0.937. The number of amides is 1. The average molecular weight is 595 g/mol. The first-order valence-corrected chi connectivity index (χ1v) is 16.5. The Kier molecular flexibility index (Phi) is 7.38. The predicted octanol–water partition coefficient (Wildman–Crippen LogP) is 3.33. The van der Waals surface area contributed by atoms with Crippen LogP contribution in [0.2, 0.25) is 0 Å². The van der Waals surface area contributed by atoms with E-state index in [0.717, 1.165) is 42.5 Å². The maximum absolute atomic E-state index is 13.7. The molecule has 0 radical (unpaired) electrons. The van der Waals surface area contributed by atoms with Crippen molar-refractivity contribution in [2.24, 2.45) is 17.6 Å². The maximum atomic E-state index is 13.7. The molecular weight excluding hydrogens is 556 g/mol. The van der Waals surface area contributed by atoms with Gasteiger partial charge in [0.25, 0.3) is 5.91 Å². The van der Waals surface area contributed by atoms with Crippen LogP contribution in [-0.4, -0.2) is 83.7 Å². The molecule has 0 spiro atoms. The van der Waals surface area contributed by atoms with E-state index in [-0.39, 0.29) is 24.2 Å². The number of pyridine rings is 1. The lowest BCUT2D eigenvalue weighted by Crippen LogP contribution is -2.48. The number of carbonyl (C=O) groups excluding carboxylic acids is 1. The summed E-state index contributed by atoms with van der Waals surface area (Å²) in [7, 11) is -0.139. The van der Waals surface area contributed by atoms with Crippen molar-refractivity contribution in [2.45, 2.75) is 45.3 Å². The lowest BCUT2D eigenvalue weighted by atomic mass is 9.96. The number of hydrogen-bond acceptors (Lipinski definition) is 8. The minimum Gasteiger partial charge on any atom is -0.494 e. The normalized spacial score (nSPS) is 19.5. The topological polar surface area (TPSA) is 135 Å². The first-order valence-electron chi connectivity index (χ1n) is 14.4. The van der Waals surface area contributed by atoms with Gasteiger partial charge in [-0.1, -0.05) is 6.92 Å². The zero-order chi connectivity index (χ0) is 29.8. The number of piperidine rings is 1. The van der Waals surface area contributed by atoms with Crippen molar-refractivity contribution in [3.05, 3.63) is 35.9 Å². The molecule has 1 aromatic carbocycles. The largest absolute Gasteiger partial charge is 0.494 e. The van der Waals surface area contributed by atoms with Gasteiger partial charge < -0.3 is 29.2 Å². The fourth-order valence-corrected chi connectivity index (χ4v) is 6.59. The standard InChI is InChI=1S/C30H38N6O5S/c1-18-11-22(31)17-34(15-18)30(37)21-12-23-27(25(14-21)40-2)35(9-10-42(4,38)39)29(32-23)24-13-20-7-8-26(41-3)33-28(20)36(24)16-19-5-6-19/h7-8,12-14,18-19,22H,5-6,9-11,15-17,31H2,1-4H3/t18-,22-/m1/s1. The first kappa shape index (κ1) is 28.5. The van der Waals surface area contributed by atoms with Crippen LogP contribution in [0.25, 0.3) is 33.6 Å². The Morgan fingerprint density at radius 1 is 1.07 bits per heavy atom. The molecule has 4 aromatic rings. The van der Waals surface area contributed by atoms with Gasteiger partial charge in [0, 0.05) is 55.5 Å². The second-order valence-corrected chi connectivity index (χ2v) is 14.2. The number of imidazole rings is 1. The maximum Gasteiger partial charge on any atom is 0.254 e. The smallest absolute Gasteiger partial charge is 0.254 e. The molecule has 4 heterocycles. The minimum absolute atomic E-state index is 0.0641. The fourth-order valence-electron chi connectivity index (χ4n) is 6.08. The molecule has 2 fully saturated rings. The van der Waals surface area contributed by atoms with Crippen LogP contribution in [0, 0.1) is 11.8 Å². The van der Waals surface area contributed by atoms with Crippen molar-refractivity contribution in [1.29, 1.82) is 0 Å². The van der Waals surface area contributed by atoms with Crippen molar-refractivity contribution >= 4 is 37.8 Å². The summed E-state index contributed by atoms with van der Waals surface area (Å²) >= 11 is 0. The van der Waals surface area contributed by atoms with Crippen molar-refractivity contribution in [3.63, 3.8) is 0 Å². The molecule has 224 valence electrons. The summed E-state index contributed by atoms with van der Waals surface area (Å²) in [5.41, 5.74) is 9.52. The number of rotatable bonds is 9. The number of methoxy groups -OCH3 is 2. The SMILES string of the molecule is COc1ccc2cc(-c3nc4cc(C(=O)N5C[C@H](C)C[C@@H](N)C5)cc(OC)c4n3CCS(C)(=O)=O)n(CC3CC3)c2n1. The van der Waals surface area contributed by atoms with Crippen LogP contribution in [-0.2, 0) is 22.9 Å². The molecule has 12 heteroatoms. The van der Waals surface area contributed by atoms with E-state index in [0.29, 0.717) is 59.0 Å². The lowest BCUT2D eigenvalue weighted by Gasteiger charge is -2.34. The molecule has 6 rings (SSSR count). The number of likely N-dealkylation sites (tertiary alicyclic amines) is 1. The zero-order valence-electron chi connectivity index (χ0n) is 24.5. The van der Waals surface area contributed by atoms with Gasteiger partial charge in [0.05, 0.1) is 31.2 Å². The Balaban J connectivity index is 1.53. The highest BCUT2D eigenvalue weighted by molar-refractivity contribution is 7.90. The van der Waals surface area contributed by atoms with Crippen LogP contribution in [0.1, 0.15) is 36.5 Å². The molecule has 1 aliphatic heterocycles. The average Bonchev–Trinajstić information content (AvgIpc) is 3.59. The number of aromatic nitrogens is 4. The molecule has 42 heavy (non-hydrogen) atoms. The molecule has 3 aromatic heterocycles. The van der Waals surface area contributed by atoms with Gasteiger partial charge in [-0.15, -0.1) is 0 Å². The lowest BCUT2D eigenvalue weighted by molar-refractivity contribution is 0.0661. The number of hydrogen-bond donors (Lipinski definition) is 1. The Morgan fingerprint density at radius 3 is 2.52 bits per heavy atom. The Labute approximate surface area is 245 Å². The predicted molar refractivity (Wildman–Crippen MR) is 162 cm³/mol. The van der Waals surface area contributed by atoms with Crippen molar-refractivity contribution in [1.82, 2.24) is 24.0 Å². The van der Waals surface area contributed by atoms with E-state index in [2.05, 4.69) is 11.5 Å². The molecule has 0 bridgehead atoms. The van der Waals surface area contributed by atoms with Crippen LogP contribution >= 0.6 is 0 Å². The number of carbonyl (C=O) groups is 1. The number of nitrogens with zero attached hydrogens (tertiary/aromatic N) is 5. The van der Waals surface area contributed by atoms with E-state index in [9.17, 15) is 13.2 Å². The van der Waals surface area contributed by atoms with Gasteiger partial charge in [0.15, 0.2) is 5.82 Å². The van der Waals surface area contributed by atoms with E-state index < -0.39 is 9.84 Å². The molecule has 2 aliphatic rings. The number of nitrogens with two attached hydrogens (primary N) is 1. The summed E-state index contributed by atoms with van der Waals surface area (Å²) < 4.78 is 39.9. The monoisotopic (exact) mass is 594 g/mol. The third-order valence-electron chi connectivity index (χ3n) is 8.23. The van der Waals surface area contributed by atoms with E-state index in [1.807, 2.05) is 22.8 Å². The number of fused-ring (bicyclic) bond motifs is 2. The van der Waals surface area contributed by atoms with Gasteiger partial charge >= 0.3 is 0 Å². The van der Waals surface area contributed by atoms with Crippen LogP contribution < -0.4 is 15.2 Å². The number of benzene rings is 1. The van der Waals surface area contributed by atoms with Gasteiger partial charge in [-0.05, 0) is 55.4 Å². The van der Waals surface area contributed by atoms with Gasteiger partial charge in [-0.2, -0.15) is 4.98 Å². The van der Waals surface area contributed by atoms with Gasteiger partial charge in [-0.3, -0.25) is 4.79 Å². The Morgan fingerprint density at radius 2 is 1.86 bits per heavy atom. The highest BCUT2D eigenvalue weighted by atomic mass is 32.2. The third kappa shape index (κ3) is 5.57. The molecule has 2 N–H and O–H groups in total. The summed E-state index contributed by atoms with van der Waals surface area (Å²) in [6, 6.07) is 9.28. The van der Waals surface area contributed by atoms with Crippen LogP contribution in [0.15, 0.2) is 30.3 Å². The van der Waals surface area contributed by atoms with Crippen LogP contribution in [0.4, 0.5) is 0 Å². The molecule has 1 amide bonds. The zero-order valence-corrected chi connectivity index (χ0v) is 25.4. The van der Waals surface area contributed by atoms with E-state index >= 15 is 0 Å². The second kappa shape index (κ2) is 10.9. The summed E-state index contributed by atoms with van der Waals surface area (Å²) in [4.78, 5) is 25.3. The van der Waals surface area contributed by atoms with E-state index in [1.54, 1.807) is 31.3 Å². The van der Waals surface area contributed by atoms with Crippen LogP contribution in [0.5, 0.6) is 11.6 Å². The van der Waals surface area contributed by atoms with E-state index in [1.165, 1.54) is 6.26 Å². The third-order valence-corrected chi connectivity index (χ3v) is 9.16. The first-order chi connectivity index (χ1) is 20.0. The quantitative estimate of drug-likeness (QED) is 0.312.